The Morgan fingerprint density at radius 1 is 1.17 bits per heavy atom. The minimum absolute atomic E-state index is 0.212. The third-order valence-corrected chi connectivity index (χ3v) is 3.46. The molecule has 1 atom stereocenters. The molecule has 18 heavy (non-hydrogen) atoms. The second kappa shape index (κ2) is 4.10. The SMILES string of the molecule is O=C1CC(c2cccc3cc(Cl)ccc23)C(=O)N1. The molecule has 0 spiro atoms. The van der Waals surface area contributed by atoms with Gasteiger partial charge >= 0.3 is 0 Å². The highest BCUT2D eigenvalue weighted by Gasteiger charge is 2.32. The average molecular weight is 260 g/mol. The standard InChI is InChI=1S/C14H10ClNO2/c15-9-4-5-10-8(6-9)2-1-3-11(10)12-7-13(17)16-14(12)18/h1-6,12H,7H2,(H,16,17,18). The topological polar surface area (TPSA) is 46.2 Å². The van der Waals surface area contributed by atoms with Crippen molar-refractivity contribution in [1.29, 1.82) is 0 Å². The van der Waals surface area contributed by atoms with E-state index in [9.17, 15) is 9.59 Å². The highest BCUT2D eigenvalue weighted by Crippen LogP contribution is 2.31. The van der Waals surface area contributed by atoms with E-state index in [1.54, 1.807) is 6.07 Å². The summed E-state index contributed by atoms with van der Waals surface area (Å²) in [5.41, 5.74) is 0.882. The van der Waals surface area contributed by atoms with Gasteiger partial charge in [-0.3, -0.25) is 14.9 Å². The molecule has 2 aromatic rings. The molecule has 1 N–H and O–H groups in total. The Labute approximate surface area is 109 Å². The van der Waals surface area contributed by atoms with Gasteiger partial charge in [-0.1, -0.05) is 35.9 Å². The fourth-order valence-electron chi connectivity index (χ4n) is 2.39. The van der Waals surface area contributed by atoms with Gasteiger partial charge in [-0.2, -0.15) is 0 Å². The molecule has 1 aliphatic rings. The second-order valence-corrected chi connectivity index (χ2v) is 4.82. The smallest absolute Gasteiger partial charge is 0.234 e. The van der Waals surface area contributed by atoms with E-state index < -0.39 is 0 Å². The average Bonchev–Trinajstić information content (AvgIpc) is 2.67. The number of amides is 2. The molecule has 1 aliphatic heterocycles. The van der Waals surface area contributed by atoms with E-state index in [4.69, 9.17) is 11.6 Å². The highest BCUT2D eigenvalue weighted by molar-refractivity contribution is 6.31. The molecule has 1 heterocycles. The van der Waals surface area contributed by atoms with Crippen LogP contribution in [0.4, 0.5) is 0 Å². The molecular formula is C14H10ClNO2. The van der Waals surface area contributed by atoms with Crippen LogP contribution in [0.5, 0.6) is 0 Å². The first-order valence-electron chi connectivity index (χ1n) is 5.67. The van der Waals surface area contributed by atoms with E-state index in [-0.39, 0.29) is 24.2 Å². The summed E-state index contributed by atoms with van der Waals surface area (Å²) < 4.78 is 0. The van der Waals surface area contributed by atoms with E-state index >= 15 is 0 Å². The minimum atomic E-state index is -0.387. The van der Waals surface area contributed by atoms with Gasteiger partial charge in [0.2, 0.25) is 11.8 Å². The maximum absolute atomic E-state index is 11.7. The fourth-order valence-corrected chi connectivity index (χ4v) is 2.57. The molecule has 1 saturated heterocycles. The third-order valence-electron chi connectivity index (χ3n) is 3.22. The van der Waals surface area contributed by atoms with Gasteiger partial charge in [0.1, 0.15) is 0 Å². The van der Waals surface area contributed by atoms with Crippen molar-refractivity contribution >= 4 is 34.2 Å². The molecule has 0 saturated carbocycles. The lowest BCUT2D eigenvalue weighted by Gasteiger charge is -2.10. The number of halogens is 1. The van der Waals surface area contributed by atoms with E-state index in [2.05, 4.69) is 5.32 Å². The number of imide groups is 1. The Hall–Kier alpha value is -1.87. The van der Waals surface area contributed by atoms with Gasteiger partial charge in [-0.25, -0.2) is 0 Å². The minimum Gasteiger partial charge on any atom is -0.296 e. The summed E-state index contributed by atoms with van der Waals surface area (Å²) in [7, 11) is 0. The van der Waals surface area contributed by atoms with Crippen molar-refractivity contribution in [3.8, 4) is 0 Å². The number of benzene rings is 2. The zero-order valence-corrected chi connectivity index (χ0v) is 10.2. The summed E-state index contributed by atoms with van der Waals surface area (Å²) >= 11 is 5.95. The summed E-state index contributed by atoms with van der Waals surface area (Å²) in [6.45, 7) is 0. The van der Waals surface area contributed by atoms with E-state index in [1.165, 1.54) is 0 Å². The van der Waals surface area contributed by atoms with Gasteiger partial charge in [0.25, 0.3) is 0 Å². The predicted molar refractivity (Wildman–Crippen MR) is 69.5 cm³/mol. The van der Waals surface area contributed by atoms with Crippen LogP contribution in [0.3, 0.4) is 0 Å². The van der Waals surface area contributed by atoms with Crippen molar-refractivity contribution in [2.75, 3.05) is 0 Å². The Morgan fingerprint density at radius 2 is 2.00 bits per heavy atom. The first kappa shape index (κ1) is 11.2. The zero-order valence-electron chi connectivity index (χ0n) is 9.44. The fraction of sp³-hybridized carbons (Fsp3) is 0.143. The summed E-state index contributed by atoms with van der Waals surface area (Å²) in [6.07, 6.45) is 0.223. The van der Waals surface area contributed by atoms with Crippen LogP contribution in [-0.2, 0) is 9.59 Å². The van der Waals surface area contributed by atoms with Crippen molar-refractivity contribution in [2.45, 2.75) is 12.3 Å². The van der Waals surface area contributed by atoms with Crippen molar-refractivity contribution in [3.05, 3.63) is 47.0 Å². The largest absolute Gasteiger partial charge is 0.296 e. The lowest BCUT2D eigenvalue weighted by atomic mass is 9.92. The lowest BCUT2D eigenvalue weighted by Crippen LogP contribution is -2.21. The van der Waals surface area contributed by atoms with Crippen molar-refractivity contribution in [2.24, 2.45) is 0 Å². The van der Waals surface area contributed by atoms with Crippen molar-refractivity contribution in [1.82, 2.24) is 5.32 Å². The van der Waals surface area contributed by atoms with Gasteiger partial charge in [0.05, 0.1) is 5.92 Å². The summed E-state index contributed by atoms with van der Waals surface area (Å²) in [5.74, 6) is -0.819. The van der Waals surface area contributed by atoms with Crippen LogP contribution in [0.1, 0.15) is 17.9 Å². The molecule has 3 rings (SSSR count). The van der Waals surface area contributed by atoms with Gasteiger partial charge in [0.15, 0.2) is 0 Å². The predicted octanol–water partition coefficient (Wildman–Crippen LogP) is 2.62. The Kier molecular flexibility index (Phi) is 2.56. The van der Waals surface area contributed by atoms with Gasteiger partial charge in [-0.05, 0) is 28.5 Å². The maximum atomic E-state index is 11.7. The quantitative estimate of drug-likeness (QED) is 0.801. The number of nitrogens with one attached hydrogen (secondary N) is 1. The van der Waals surface area contributed by atoms with Crippen LogP contribution in [-0.4, -0.2) is 11.8 Å². The van der Waals surface area contributed by atoms with Crippen LogP contribution < -0.4 is 5.32 Å². The molecule has 4 heteroatoms. The molecule has 1 fully saturated rings. The number of rotatable bonds is 1. The summed E-state index contributed by atoms with van der Waals surface area (Å²) in [4.78, 5) is 23.0. The van der Waals surface area contributed by atoms with E-state index in [0.717, 1.165) is 16.3 Å². The van der Waals surface area contributed by atoms with E-state index in [0.29, 0.717) is 5.02 Å². The number of carbonyl (C=O) groups excluding carboxylic acids is 2. The van der Waals surface area contributed by atoms with Crippen LogP contribution >= 0.6 is 11.6 Å². The third kappa shape index (κ3) is 1.77. The molecule has 3 nitrogen and oxygen atoms in total. The first-order valence-corrected chi connectivity index (χ1v) is 6.05. The molecule has 0 radical (unpaired) electrons. The van der Waals surface area contributed by atoms with Crippen LogP contribution in [0.2, 0.25) is 5.02 Å². The maximum Gasteiger partial charge on any atom is 0.234 e. The molecule has 0 aromatic heterocycles. The zero-order chi connectivity index (χ0) is 12.7. The van der Waals surface area contributed by atoms with Gasteiger partial charge < -0.3 is 0 Å². The molecule has 0 bridgehead atoms. The summed E-state index contributed by atoms with van der Waals surface area (Å²) in [6, 6.07) is 11.3. The Bertz CT molecular complexity index is 666. The number of hydrogen-bond donors (Lipinski definition) is 1. The Morgan fingerprint density at radius 3 is 2.72 bits per heavy atom. The molecule has 2 amide bonds. The number of hydrogen-bond acceptors (Lipinski definition) is 2. The Balaban J connectivity index is 2.18. The lowest BCUT2D eigenvalue weighted by molar-refractivity contribution is -0.125. The normalized spacial score (nSPS) is 19.3. The van der Waals surface area contributed by atoms with Crippen LogP contribution in [0, 0.1) is 0 Å². The molecule has 0 aliphatic carbocycles. The number of fused-ring (bicyclic) bond motifs is 1. The number of carbonyl (C=O) groups is 2. The highest BCUT2D eigenvalue weighted by atomic mass is 35.5. The molecule has 2 aromatic carbocycles. The molecule has 1 unspecified atom stereocenters. The van der Waals surface area contributed by atoms with Crippen molar-refractivity contribution < 1.29 is 9.59 Å². The second-order valence-electron chi connectivity index (χ2n) is 4.38. The molecular weight excluding hydrogens is 250 g/mol. The van der Waals surface area contributed by atoms with Gasteiger partial charge in [-0.15, -0.1) is 0 Å². The van der Waals surface area contributed by atoms with Crippen LogP contribution in [0.15, 0.2) is 36.4 Å². The molecule has 90 valence electrons. The first-order chi connectivity index (χ1) is 8.65. The van der Waals surface area contributed by atoms with E-state index in [1.807, 2.05) is 30.3 Å². The van der Waals surface area contributed by atoms with Crippen molar-refractivity contribution in [3.63, 3.8) is 0 Å². The summed E-state index contributed by atoms with van der Waals surface area (Å²) in [5, 5.41) is 4.94. The van der Waals surface area contributed by atoms with Gasteiger partial charge in [0, 0.05) is 11.4 Å². The van der Waals surface area contributed by atoms with Crippen LogP contribution in [0.25, 0.3) is 10.8 Å². The monoisotopic (exact) mass is 259 g/mol.